The Morgan fingerprint density at radius 3 is 2.45 bits per heavy atom. The van der Waals surface area contributed by atoms with Gasteiger partial charge in [0.1, 0.15) is 0 Å². The zero-order chi connectivity index (χ0) is 15.4. The number of alkyl halides is 4. The Morgan fingerprint density at radius 2 is 1.90 bits per heavy atom. The Balaban J connectivity index is 3.01. The topological polar surface area (TPSA) is 46.2 Å². The number of para-hydroxylation sites is 1. The summed E-state index contributed by atoms with van der Waals surface area (Å²) in [6.07, 6.45) is 0.683. The van der Waals surface area contributed by atoms with Gasteiger partial charge in [-0.05, 0) is 24.5 Å². The molecule has 0 amide bonds. The minimum Gasteiger partial charge on any atom is -0.384 e. The van der Waals surface area contributed by atoms with Gasteiger partial charge in [-0.1, -0.05) is 19.1 Å². The SMILES string of the molecule is CC(CCCl)CNc1ccccc1S(=O)(=O)C(F)(F)F. The Labute approximate surface area is 121 Å². The molecular formula is C12H15ClF3NO2S. The molecule has 8 heteroatoms. The fraction of sp³-hybridized carbons (Fsp3) is 0.500. The van der Waals surface area contributed by atoms with Crippen molar-refractivity contribution in [2.24, 2.45) is 5.92 Å². The summed E-state index contributed by atoms with van der Waals surface area (Å²) >= 11 is 5.57. The van der Waals surface area contributed by atoms with Crippen molar-refractivity contribution in [3.8, 4) is 0 Å². The van der Waals surface area contributed by atoms with Gasteiger partial charge in [0.25, 0.3) is 9.84 Å². The molecule has 1 aromatic carbocycles. The maximum atomic E-state index is 12.6. The zero-order valence-electron chi connectivity index (χ0n) is 10.7. The lowest BCUT2D eigenvalue weighted by Crippen LogP contribution is -2.24. The van der Waals surface area contributed by atoms with Gasteiger partial charge in [-0.2, -0.15) is 13.2 Å². The quantitative estimate of drug-likeness (QED) is 0.810. The minimum absolute atomic E-state index is 0.0498. The molecule has 1 atom stereocenters. The highest BCUT2D eigenvalue weighted by atomic mass is 35.5. The van der Waals surface area contributed by atoms with Gasteiger partial charge in [0.2, 0.25) is 0 Å². The summed E-state index contributed by atoms with van der Waals surface area (Å²) in [7, 11) is -5.36. The van der Waals surface area contributed by atoms with Gasteiger partial charge in [0.05, 0.1) is 10.6 Å². The molecule has 1 unspecified atom stereocenters. The molecule has 0 radical (unpaired) electrons. The lowest BCUT2D eigenvalue weighted by molar-refractivity contribution is -0.0435. The number of sulfone groups is 1. The molecule has 0 bridgehead atoms. The van der Waals surface area contributed by atoms with Gasteiger partial charge >= 0.3 is 5.51 Å². The van der Waals surface area contributed by atoms with Gasteiger partial charge in [0, 0.05) is 12.4 Å². The molecule has 1 aromatic rings. The smallest absolute Gasteiger partial charge is 0.384 e. The molecule has 114 valence electrons. The van der Waals surface area contributed by atoms with Gasteiger partial charge in [-0.15, -0.1) is 11.6 Å². The summed E-state index contributed by atoms with van der Waals surface area (Å²) in [4.78, 5) is -0.759. The Kier molecular flexibility index (Phi) is 5.70. The van der Waals surface area contributed by atoms with Gasteiger partial charge in [-0.3, -0.25) is 0 Å². The van der Waals surface area contributed by atoms with Crippen molar-refractivity contribution in [3.63, 3.8) is 0 Å². The molecule has 1 rings (SSSR count). The molecule has 0 aromatic heterocycles. The second-order valence-corrected chi connectivity index (χ2v) is 6.70. The molecule has 0 fully saturated rings. The average Bonchev–Trinajstić information content (AvgIpc) is 2.35. The molecule has 1 N–H and O–H groups in total. The van der Waals surface area contributed by atoms with Crippen molar-refractivity contribution in [1.29, 1.82) is 0 Å². The summed E-state index contributed by atoms with van der Waals surface area (Å²) < 4.78 is 60.7. The monoisotopic (exact) mass is 329 g/mol. The Bertz CT molecular complexity index is 546. The van der Waals surface area contributed by atoms with E-state index in [4.69, 9.17) is 11.6 Å². The maximum Gasteiger partial charge on any atom is 0.501 e. The number of rotatable bonds is 6. The van der Waals surface area contributed by atoms with Crippen molar-refractivity contribution in [2.75, 3.05) is 17.7 Å². The van der Waals surface area contributed by atoms with Crippen molar-refractivity contribution in [3.05, 3.63) is 24.3 Å². The van der Waals surface area contributed by atoms with E-state index < -0.39 is 20.2 Å². The van der Waals surface area contributed by atoms with E-state index in [0.29, 0.717) is 18.8 Å². The van der Waals surface area contributed by atoms with Crippen molar-refractivity contribution in [1.82, 2.24) is 0 Å². The first-order valence-corrected chi connectivity index (χ1v) is 7.92. The van der Waals surface area contributed by atoms with Crippen LogP contribution in [0, 0.1) is 5.92 Å². The molecule has 0 saturated heterocycles. The van der Waals surface area contributed by atoms with Gasteiger partial charge in [-0.25, -0.2) is 8.42 Å². The van der Waals surface area contributed by atoms with Crippen LogP contribution in [0.3, 0.4) is 0 Å². The van der Waals surface area contributed by atoms with Crippen LogP contribution in [0.4, 0.5) is 18.9 Å². The van der Waals surface area contributed by atoms with Gasteiger partial charge < -0.3 is 5.32 Å². The molecular weight excluding hydrogens is 315 g/mol. The predicted molar refractivity (Wildman–Crippen MR) is 72.7 cm³/mol. The van der Waals surface area contributed by atoms with E-state index in [1.54, 1.807) is 0 Å². The number of nitrogens with one attached hydrogen (secondary N) is 1. The number of anilines is 1. The van der Waals surface area contributed by atoms with Crippen LogP contribution in [-0.2, 0) is 9.84 Å². The third kappa shape index (κ3) is 4.02. The summed E-state index contributed by atoms with van der Waals surface area (Å²) in [6.45, 7) is 2.22. The van der Waals surface area contributed by atoms with E-state index >= 15 is 0 Å². The van der Waals surface area contributed by atoms with Crippen LogP contribution in [0.5, 0.6) is 0 Å². The van der Waals surface area contributed by atoms with E-state index in [1.165, 1.54) is 18.2 Å². The number of hydrogen-bond acceptors (Lipinski definition) is 3. The highest BCUT2D eigenvalue weighted by Gasteiger charge is 2.47. The van der Waals surface area contributed by atoms with Crippen LogP contribution in [0.2, 0.25) is 0 Å². The third-order valence-electron chi connectivity index (χ3n) is 2.72. The molecule has 0 heterocycles. The van der Waals surface area contributed by atoms with Crippen LogP contribution >= 0.6 is 11.6 Å². The van der Waals surface area contributed by atoms with E-state index in [0.717, 1.165) is 6.07 Å². The van der Waals surface area contributed by atoms with Gasteiger partial charge in [0.15, 0.2) is 0 Å². The summed E-state index contributed by atoms with van der Waals surface area (Å²) in [5.41, 5.74) is -5.36. The standard InChI is InChI=1S/C12H15ClF3NO2S/c1-9(6-7-13)8-17-10-4-2-3-5-11(10)20(18,19)12(14,15)16/h2-5,9,17H,6-8H2,1H3. The van der Waals surface area contributed by atoms with Crippen LogP contribution in [0.15, 0.2) is 29.2 Å². The summed E-state index contributed by atoms with van der Waals surface area (Å²) in [5, 5.41) is 2.74. The predicted octanol–water partition coefficient (Wildman–Crippen LogP) is 3.66. The maximum absolute atomic E-state index is 12.6. The van der Waals surface area contributed by atoms with Crippen LogP contribution in [0.1, 0.15) is 13.3 Å². The fourth-order valence-corrected chi connectivity index (χ4v) is 2.85. The zero-order valence-corrected chi connectivity index (χ0v) is 12.3. The molecule has 0 spiro atoms. The average molecular weight is 330 g/mol. The van der Waals surface area contributed by atoms with Crippen LogP contribution in [-0.4, -0.2) is 26.4 Å². The first-order valence-electron chi connectivity index (χ1n) is 5.90. The second kappa shape index (κ2) is 6.67. The van der Waals surface area contributed by atoms with Crippen molar-refractivity contribution >= 4 is 27.1 Å². The lowest BCUT2D eigenvalue weighted by atomic mass is 10.1. The molecule has 0 saturated carbocycles. The summed E-state index contributed by atoms with van der Waals surface area (Å²) in [5.74, 6) is 0.555. The normalized spacial score (nSPS) is 14.1. The molecule has 0 aliphatic carbocycles. The highest BCUT2D eigenvalue weighted by molar-refractivity contribution is 7.92. The highest BCUT2D eigenvalue weighted by Crippen LogP contribution is 2.34. The Morgan fingerprint density at radius 1 is 1.30 bits per heavy atom. The van der Waals surface area contributed by atoms with Crippen LogP contribution in [0.25, 0.3) is 0 Å². The first-order chi connectivity index (χ1) is 9.20. The van der Waals surface area contributed by atoms with Crippen molar-refractivity contribution < 1.29 is 21.6 Å². The molecule has 0 aliphatic rings. The second-order valence-electron chi connectivity index (χ2n) is 4.41. The summed E-state index contributed by atoms with van der Waals surface area (Å²) in [6, 6.07) is 4.99. The number of halogens is 4. The largest absolute Gasteiger partial charge is 0.501 e. The first kappa shape index (κ1) is 17.1. The molecule has 20 heavy (non-hydrogen) atoms. The lowest BCUT2D eigenvalue weighted by Gasteiger charge is -2.16. The number of hydrogen-bond donors (Lipinski definition) is 1. The molecule has 0 aliphatic heterocycles. The molecule has 3 nitrogen and oxygen atoms in total. The Hall–Kier alpha value is -0.950. The van der Waals surface area contributed by atoms with E-state index in [9.17, 15) is 21.6 Å². The fourth-order valence-electron chi connectivity index (χ4n) is 1.54. The van der Waals surface area contributed by atoms with E-state index in [-0.39, 0.29) is 11.6 Å². The van der Waals surface area contributed by atoms with E-state index in [1.807, 2.05) is 6.92 Å². The minimum atomic E-state index is -5.36. The van der Waals surface area contributed by atoms with Crippen LogP contribution < -0.4 is 5.32 Å². The number of benzene rings is 1. The van der Waals surface area contributed by atoms with E-state index in [2.05, 4.69) is 5.32 Å². The third-order valence-corrected chi connectivity index (χ3v) is 4.49. The van der Waals surface area contributed by atoms with Crippen molar-refractivity contribution in [2.45, 2.75) is 23.7 Å².